The predicted molar refractivity (Wildman–Crippen MR) is 160 cm³/mol. The van der Waals surface area contributed by atoms with Crippen LogP contribution in [0.1, 0.15) is 36.0 Å². The second-order valence-corrected chi connectivity index (χ2v) is 10.9. The monoisotopic (exact) mass is 563 g/mol. The number of hydrogen-bond acceptors (Lipinski definition) is 8. The number of thiophene rings is 1. The van der Waals surface area contributed by atoms with Crippen molar-refractivity contribution in [2.75, 3.05) is 36.2 Å². The van der Waals surface area contributed by atoms with Crippen molar-refractivity contribution in [1.82, 2.24) is 14.8 Å². The number of anilines is 2. The van der Waals surface area contributed by atoms with Crippen LogP contribution in [0.5, 0.6) is 0 Å². The number of aryl methyl sites for hydroxylation is 1. The fraction of sp³-hybridized carbons (Fsp3) is 0.310. The average molecular weight is 564 g/mol. The number of thioether (sulfide) groups is 1. The van der Waals surface area contributed by atoms with Crippen LogP contribution in [0.2, 0.25) is 0 Å². The van der Waals surface area contributed by atoms with E-state index in [1.807, 2.05) is 48.7 Å². The van der Waals surface area contributed by atoms with Gasteiger partial charge in [-0.1, -0.05) is 42.1 Å². The zero-order valence-electron chi connectivity index (χ0n) is 22.9. The van der Waals surface area contributed by atoms with Gasteiger partial charge >= 0.3 is 5.97 Å². The number of methoxy groups -OCH3 is 1. The smallest absolute Gasteiger partial charge is 0.341 e. The van der Waals surface area contributed by atoms with Gasteiger partial charge in [-0.25, -0.2) is 4.79 Å². The van der Waals surface area contributed by atoms with Crippen molar-refractivity contribution in [3.63, 3.8) is 0 Å². The Hall–Kier alpha value is -3.63. The van der Waals surface area contributed by atoms with Gasteiger partial charge in [-0.05, 0) is 57.5 Å². The Morgan fingerprint density at radius 1 is 1.00 bits per heavy atom. The van der Waals surface area contributed by atoms with E-state index in [0.29, 0.717) is 22.3 Å². The molecule has 0 saturated heterocycles. The maximum absolute atomic E-state index is 13.0. The normalized spacial score (nSPS) is 10.9. The first-order chi connectivity index (χ1) is 18.9. The zero-order chi connectivity index (χ0) is 27.9. The topological polar surface area (TPSA) is 89.3 Å². The molecule has 0 fully saturated rings. The number of ether oxygens (including phenoxy) is 1. The minimum absolute atomic E-state index is 0.122. The average Bonchev–Trinajstić information content (AvgIpc) is 3.52. The highest BCUT2D eigenvalue weighted by atomic mass is 32.2. The standard InChI is InChI=1S/C29H33N5O3S2/c1-6-33(7-2)22-16-14-21(15-17-22)26-31-32-29(34(26)8-3)38-18-23(35)30-27-25(28(36)37-5)24(19(4)39-27)20-12-10-9-11-13-20/h9-17H,6-8,18H2,1-5H3,(H,30,35). The van der Waals surface area contributed by atoms with E-state index in [1.165, 1.54) is 35.9 Å². The third-order valence-electron chi connectivity index (χ3n) is 6.41. The molecule has 0 unspecified atom stereocenters. The summed E-state index contributed by atoms with van der Waals surface area (Å²) in [7, 11) is 1.35. The summed E-state index contributed by atoms with van der Waals surface area (Å²) in [5.41, 5.74) is 4.19. The summed E-state index contributed by atoms with van der Waals surface area (Å²) in [5, 5.41) is 12.9. The Balaban J connectivity index is 1.50. The lowest BCUT2D eigenvalue weighted by atomic mass is 10.0. The molecule has 2 heterocycles. The molecule has 1 amide bonds. The molecular weight excluding hydrogens is 530 g/mol. The maximum atomic E-state index is 13.0. The van der Waals surface area contributed by atoms with Crippen LogP contribution in [-0.4, -0.2) is 52.6 Å². The second-order valence-electron chi connectivity index (χ2n) is 8.70. The highest BCUT2D eigenvalue weighted by Gasteiger charge is 2.25. The molecule has 204 valence electrons. The molecule has 0 atom stereocenters. The number of aromatic nitrogens is 3. The number of amides is 1. The summed E-state index contributed by atoms with van der Waals surface area (Å²) in [6, 6.07) is 18.0. The van der Waals surface area contributed by atoms with E-state index in [9.17, 15) is 9.59 Å². The first-order valence-corrected chi connectivity index (χ1v) is 14.7. The van der Waals surface area contributed by atoms with Gasteiger partial charge in [-0.3, -0.25) is 4.79 Å². The summed E-state index contributed by atoms with van der Waals surface area (Å²) in [5.74, 6) is 0.170. The fourth-order valence-corrected chi connectivity index (χ4v) is 6.36. The molecule has 0 spiro atoms. The van der Waals surface area contributed by atoms with E-state index in [0.717, 1.165) is 40.5 Å². The molecule has 2 aromatic carbocycles. The minimum Gasteiger partial charge on any atom is -0.465 e. The molecule has 10 heteroatoms. The Labute approximate surface area is 237 Å². The third-order valence-corrected chi connectivity index (χ3v) is 8.40. The van der Waals surface area contributed by atoms with Gasteiger partial charge in [0.25, 0.3) is 0 Å². The van der Waals surface area contributed by atoms with E-state index < -0.39 is 5.97 Å². The van der Waals surface area contributed by atoms with Crippen molar-refractivity contribution in [2.45, 2.75) is 39.4 Å². The lowest BCUT2D eigenvalue weighted by molar-refractivity contribution is -0.113. The molecule has 2 aromatic heterocycles. The fourth-order valence-electron chi connectivity index (χ4n) is 4.48. The summed E-state index contributed by atoms with van der Waals surface area (Å²) in [6.07, 6.45) is 0. The van der Waals surface area contributed by atoms with Gasteiger partial charge in [0.1, 0.15) is 10.6 Å². The van der Waals surface area contributed by atoms with E-state index in [1.54, 1.807) is 0 Å². The Morgan fingerprint density at radius 2 is 1.69 bits per heavy atom. The first kappa shape index (κ1) is 28.4. The summed E-state index contributed by atoms with van der Waals surface area (Å²) in [4.78, 5) is 28.9. The molecule has 0 radical (unpaired) electrons. The highest BCUT2D eigenvalue weighted by Crippen LogP contribution is 2.40. The van der Waals surface area contributed by atoms with Gasteiger partial charge in [0.15, 0.2) is 11.0 Å². The Kier molecular flexibility index (Phi) is 9.42. The summed E-state index contributed by atoms with van der Waals surface area (Å²) in [6.45, 7) is 10.8. The van der Waals surface area contributed by atoms with Crippen molar-refractivity contribution >= 4 is 45.7 Å². The highest BCUT2D eigenvalue weighted by molar-refractivity contribution is 7.99. The first-order valence-electron chi connectivity index (χ1n) is 12.9. The quantitative estimate of drug-likeness (QED) is 0.168. The molecule has 4 rings (SSSR count). The molecule has 0 aliphatic heterocycles. The van der Waals surface area contributed by atoms with Crippen molar-refractivity contribution in [1.29, 1.82) is 0 Å². The number of hydrogen-bond donors (Lipinski definition) is 1. The Bertz CT molecular complexity index is 1430. The van der Waals surface area contributed by atoms with Gasteiger partial charge < -0.3 is 19.5 Å². The third kappa shape index (κ3) is 6.17. The molecule has 0 bridgehead atoms. The molecule has 1 N–H and O–H groups in total. The van der Waals surface area contributed by atoms with Crippen molar-refractivity contribution < 1.29 is 14.3 Å². The molecule has 0 aliphatic rings. The van der Waals surface area contributed by atoms with E-state index >= 15 is 0 Å². The number of nitrogens with zero attached hydrogens (tertiary/aromatic N) is 4. The van der Waals surface area contributed by atoms with E-state index in [4.69, 9.17) is 4.74 Å². The van der Waals surface area contributed by atoms with Crippen LogP contribution in [0.4, 0.5) is 10.7 Å². The second kappa shape index (κ2) is 12.9. The van der Waals surface area contributed by atoms with Crippen LogP contribution >= 0.6 is 23.1 Å². The van der Waals surface area contributed by atoms with Gasteiger partial charge in [-0.2, -0.15) is 0 Å². The molecule has 0 aliphatic carbocycles. The van der Waals surface area contributed by atoms with Crippen LogP contribution < -0.4 is 10.2 Å². The maximum Gasteiger partial charge on any atom is 0.341 e. The van der Waals surface area contributed by atoms with Crippen molar-refractivity contribution in [3.05, 3.63) is 65.0 Å². The van der Waals surface area contributed by atoms with Crippen LogP contribution in [0, 0.1) is 6.92 Å². The van der Waals surface area contributed by atoms with Crippen molar-refractivity contribution in [2.24, 2.45) is 0 Å². The molecule has 4 aromatic rings. The van der Waals surface area contributed by atoms with Gasteiger partial charge in [-0.15, -0.1) is 21.5 Å². The zero-order valence-corrected chi connectivity index (χ0v) is 24.5. The molecular formula is C29H33N5O3S2. The van der Waals surface area contributed by atoms with E-state index in [-0.39, 0.29) is 11.7 Å². The summed E-state index contributed by atoms with van der Waals surface area (Å²) < 4.78 is 7.07. The lowest BCUT2D eigenvalue weighted by Gasteiger charge is -2.21. The number of esters is 1. The number of carbonyl (C=O) groups is 2. The van der Waals surface area contributed by atoms with Gasteiger partial charge in [0.05, 0.1) is 12.9 Å². The van der Waals surface area contributed by atoms with Crippen LogP contribution in [0.3, 0.4) is 0 Å². The molecule has 0 saturated carbocycles. The largest absolute Gasteiger partial charge is 0.465 e. The SMILES string of the molecule is CCN(CC)c1ccc(-c2nnc(SCC(=O)Nc3sc(C)c(-c4ccccc4)c3C(=O)OC)n2CC)cc1. The lowest BCUT2D eigenvalue weighted by Crippen LogP contribution is -2.21. The number of carbonyl (C=O) groups excluding carboxylic acids is 2. The minimum atomic E-state index is -0.483. The van der Waals surface area contributed by atoms with E-state index in [2.05, 4.69) is 58.5 Å². The van der Waals surface area contributed by atoms with Gasteiger partial charge in [0.2, 0.25) is 5.91 Å². The molecule has 8 nitrogen and oxygen atoms in total. The summed E-state index contributed by atoms with van der Waals surface area (Å²) >= 11 is 2.68. The number of benzene rings is 2. The van der Waals surface area contributed by atoms with Gasteiger partial charge in [0, 0.05) is 41.3 Å². The van der Waals surface area contributed by atoms with Crippen LogP contribution in [0.15, 0.2) is 59.8 Å². The van der Waals surface area contributed by atoms with Crippen molar-refractivity contribution in [3.8, 4) is 22.5 Å². The number of nitrogens with one attached hydrogen (secondary N) is 1. The number of rotatable bonds is 11. The molecule has 39 heavy (non-hydrogen) atoms. The van der Waals surface area contributed by atoms with Crippen LogP contribution in [0.25, 0.3) is 22.5 Å². The predicted octanol–water partition coefficient (Wildman–Crippen LogP) is 6.37. The Morgan fingerprint density at radius 3 is 2.31 bits per heavy atom. The van der Waals surface area contributed by atoms with Crippen LogP contribution in [-0.2, 0) is 16.1 Å².